The molecule has 2 aromatic carbocycles. The predicted molar refractivity (Wildman–Crippen MR) is 116 cm³/mol. The SMILES string of the molecule is Cc1ccc(C(=O)NCCc2nc3ccccc3[nH]2)cc1S(=O)(=O)NC1CCCC1. The van der Waals surface area contributed by atoms with Crippen LogP contribution in [-0.2, 0) is 16.4 Å². The molecule has 0 saturated heterocycles. The Morgan fingerprint density at radius 2 is 1.93 bits per heavy atom. The van der Waals surface area contributed by atoms with Gasteiger partial charge in [0.25, 0.3) is 5.91 Å². The quantitative estimate of drug-likeness (QED) is 0.540. The Kier molecular flexibility index (Phi) is 5.87. The third kappa shape index (κ3) is 4.55. The molecule has 3 N–H and O–H groups in total. The molecule has 1 fully saturated rings. The van der Waals surface area contributed by atoms with Crippen molar-refractivity contribution in [3.63, 3.8) is 0 Å². The molecule has 0 radical (unpaired) electrons. The molecule has 0 atom stereocenters. The Morgan fingerprint density at radius 3 is 2.70 bits per heavy atom. The van der Waals surface area contributed by atoms with Crippen molar-refractivity contribution in [2.45, 2.75) is 50.0 Å². The number of amides is 1. The average Bonchev–Trinajstić information content (AvgIpc) is 3.36. The number of aromatic amines is 1. The molecule has 1 aliphatic carbocycles. The fraction of sp³-hybridized carbons (Fsp3) is 0.364. The number of imidazole rings is 1. The Bertz CT molecular complexity index is 1130. The molecule has 30 heavy (non-hydrogen) atoms. The van der Waals surface area contributed by atoms with Gasteiger partial charge in [0, 0.05) is 24.6 Å². The summed E-state index contributed by atoms with van der Waals surface area (Å²) in [4.78, 5) is 20.5. The van der Waals surface area contributed by atoms with Gasteiger partial charge in [-0.3, -0.25) is 4.79 Å². The van der Waals surface area contributed by atoms with Crippen LogP contribution in [0.2, 0.25) is 0 Å². The maximum atomic E-state index is 12.8. The number of rotatable bonds is 7. The number of hydrogen-bond donors (Lipinski definition) is 3. The summed E-state index contributed by atoms with van der Waals surface area (Å²) in [5.74, 6) is 0.493. The van der Waals surface area contributed by atoms with Gasteiger partial charge in [0.05, 0.1) is 15.9 Å². The van der Waals surface area contributed by atoms with Crippen LogP contribution in [0.25, 0.3) is 11.0 Å². The lowest BCUT2D eigenvalue weighted by molar-refractivity contribution is 0.0954. The minimum atomic E-state index is -3.65. The molecule has 7 nitrogen and oxygen atoms in total. The first-order valence-electron chi connectivity index (χ1n) is 10.3. The van der Waals surface area contributed by atoms with E-state index in [0.29, 0.717) is 24.1 Å². The molecule has 8 heteroatoms. The fourth-order valence-corrected chi connectivity index (χ4v) is 5.45. The molecule has 1 aromatic heterocycles. The number of fused-ring (bicyclic) bond motifs is 1. The highest BCUT2D eigenvalue weighted by Gasteiger charge is 2.25. The minimum absolute atomic E-state index is 0.0179. The van der Waals surface area contributed by atoms with Gasteiger partial charge in [0.1, 0.15) is 5.82 Å². The summed E-state index contributed by atoms with van der Waals surface area (Å²) in [6.45, 7) is 2.14. The van der Waals surface area contributed by atoms with E-state index in [0.717, 1.165) is 42.5 Å². The van der Waals surface area contributed by atoms with Crippen molar-refractivity contribution < 1.29 is 13.2 Å². The maximum Gasteiger partial charge on any atom is 0.251 e. The minimum Gasteiger partial charge on any atom is -0.352 e. The van der Waals surface area contributed by atoms with Crippen LogP contribution in [0, 0.1) is 6.92 Å². The van der Waals surface area contributed by atoms with Crippen LogP contribution >= 0.6 is 0 Å². The van der Waals surface area contributed by atoms with E-state index in [-0.39, 0.29) is 16.8 Å². The largest absolute Gasteiger partial charge is 0.352 e. The molecule has 1 aliphatic rings. The van der Waals surface area contributed by atoms with E-state index in [2.05, 4.69) is 20.0 Å². The number of para-hydroxylation sites is 2. The Balaban J connectivity index is 1.41. The first-order chi connectivity index (χ1) is 14.4. The predicted octanol–water partition coefficient (Wildman–Crippen LogP) is 3.06. The van der Waals surface area contributed by atoms with Crippen molar-refractivity contribution in [2.24, 2.45) is 0 Å². The van der Waals surface area contributed by atoms with E-state index in [1.807, 2.05) is 24.3 Å². The number of sulfonamides is 1. The summed E-state index contributed by atoms with van der Waals surface area (Å²) in [5, 5.41) is 2.85. The molecular weight excluding hydrogens is 400 g/mol. The van der Waals surface area contributed by atoms with E-state index < -0.39 is 10.0 Å². The van der Waals surface area contributed by atoms with E-state index in [9.17, 15) is 13.2 Å². The number of hydrogen-bond acceptors (Lipinski definition) is 4. The summed E-state index contributed by atoms with van der Waals surface area (Å²) in [6, 6.07) is 12.5. The molecule has 1 amide bonds. The van der Waals surface area contributed by atoms with Gasteiger partial charge in [-0.05, 0) is 49.6 Å². The molecule has 0 unspecified atom stereocenters. The Morgan fingerprint density at radius 1 is 1.17 bits per heavy atom. The third-order valence-corrected chi connectivity index (χ3v) is 7.17. The topological polar surface area (TPSA) is 104 Å². The second-order valence-electron chi connectivity index (χ2n) is 7.79. The van der Waals surface area contributed by atoms with E-state index >= 15 is 0 Å². The number of nitrogens with one attached hydrogen (secondary N) is 3. The average molecular weight is 427 g/mol. The molecule has 3 aromatic rings. The number of carbonyl (C=O) groups is 1. The van der Waals surface area contributed by atoms with Crippen LogP contribution in [0.4, 0.5) is 0 Å². The molecule has 4 rings (SSSR count). The van der Waals surface area contributed by atoms with Crippen molar-refractivity contribution in [1.29, 1.82) is 0 Å². The smallest absolute Gasteiger partial charge is 0.251 e. The molecular formula is C22H26N4O3S. The maximum absolute atomic E-state index is 12.8. The van der Waals surface area contributed by atoms with Gasteiger partial charge < -0.3 is 10.3 Å². The summed E-state index contributed by atoms with van der Waals surface area (Å²) >= 11 is 0. The number of benzene rings is 2. The van der Waals surface area contributed by atoms with Crippen LogP contribution < -0.4 is 10.0 Å². The van der Waals surface area contributed by atoms with Crippen LogP contribution in [0.5, 0.6) is 0 Å². The summed E-state index contributed by atoms with van der Waals surface area (Å²) < 4.78 is 28.4. The summed E-state index contributed by atoms with van der Waals surface area (Å²) in [7, 11) is -3.65. The zero-order valence-electron chi connectivity index (χ0n) is 16.9. The van der Waals surface area contributed by atoms with Crippen LogP contribution in [0.3, 0.4) is 0 Å². The van der Waals surface area contributed by atoms with Gasteiger partial charge >= 0.3 is 0 Å². The van der Waals surface area contributed by atoms with E-state index in [4.69, 9.17) is 0 Å². The van der Waals surface area contributed by atoms with Gasteiger partial charge in [0.15, 0.2) is 0 Å². The number of aryl methyl sites for hydroxylation is 1. The lowest BCUT2D eigenvalue weighted by Gasteiger charge is -2.15. The van der Waals surface area contributed by atoms with Crippen LogP contribution in [-0.4, -0.2) is 36.9 Å². The zero-order valence-corrected chi connectivity index (χ0v) is 17.8. The van der Waals surface area contributed by atoms with Crippen LogP contribution in [0.15, 0.2) is 47.4 Å². The number of H-pyrrole nitrogens is 1. The van der Waals surface area contributed by atoms with Gasteiger partial charge in [-0.25, -0.2) is 18.1 Å². The highest BCUT2D eigenvalue weighted by atomic mass is 32.2. The van der Waals surface area contributed by atoms with E-state index in [1.165, 1.54) is 6.07 Å². The first-order valence-corrected chi connectivity index (χ1v) is 11.8. The van der Waals surface area contributed by atoms with Crippen molar-refractivity contribution in [3.8, 4) is 0 Å². The molecule has 0 aliphatic heterocycles. The van der Waals surface area contributed by atoms with Crippen molar-refractivity contribution in [3.05, 3.63) is 59.4 Å². The van der Waals surface area contributed by atoms with E-state index in [1.54, 1.807) is 19.1 Å². The lowest BCUT2D eigenvalue weighted by Crippen LogP contribution is -2.33. The van der Waals surface area contributed by atoms with Gasteiger partial charge in [-0.1, -0.05) is 31.0 Å². The number of aromatic nitrogens is 2. The van der Waals surface area contributed by atoms with Gasteiger partial charge in [0.2, 0.25) is 10.0 Å². The summed E-state index contributed by atoms with van der Waals surface area (Å²) in [6.07, 6.45) is 4.36. The Labute approximate surface area is 176 Å². The molecule has 1 heterocycles. The third-order valence-electron chi connectivity index (χ3n) is 5.50. The lowest BCUT2D eigenvalue weighted by atomic mass is 10.1. The molecule has 1 saturated carbocycles. The highest BCUT2D eigenvalue weighted by Crippen LogP contribution is 2.22. The number of carbonyl (C=O) groups excluding carboxylic acids is 1. The normalized spacial score (nSPS) is 15.0. The standard InChI is InChI=1S/C22H26N4O3S/c1-15-10-11-16(14-20(15)30(28,29)26-17-6-2-3-7-17)22(27)23-13-12-21-24-18-8-4-5-9-19(18)25-21/h4-5,8-11,14,17,26H,2-3,6-7,12-13H2,1H3,(H,23,27)(H,24,25). The van der Waals surface area contributed by atoms with Gasteiger partial charge in [-0.2, -0.15) is 0 Å². The molecule has 158 valence electrons. The van der Waals surface area contributed by atoms with Gasteiger partial charge in [-0.15, -0.1) is 0 Å². The van der Waals surface area contributed by atoms with Crippen LogP contribution in [0.1, 0.15) is 47.4 Å². The second-order valence-corrected chi connectivity index (χ2v) is 9.47. The molecule has 0 spiro atoms. The summed E-state index contributed by atoms with van der Waals surface area (Å²) in [5.41, 5.74) is 2.81. The number of nitrogens with zero attached hydrogens (tertiary/aromatic N) is 1. The van der Waals surface area contributed by atoms with Crippen molar-refractivity contribution in [1.82, 2.24) is 20.0 Å². The monoisotopic (exact) mass is 426 g/mol. The first kappa shape index (κ1) is 20.6. The fourth-order valence-electron chi connectivity index (χ4n) is 3.88. The molecule has 0 bridgehead atoms. The highest BCUT2D eigenvalue weighted by molar-refractivity contribution is 7.89. The van der Waals surface area contributed by atoms with Crippen molar-refractivity contribution in [2.75, 3.05) is 6.54 Å². The second kappa shape index (κ2) is 8.57. The Hall–Kier alpha value is -2.71. The zero-order chi connectivity index (χ0) is 21.1. The van der Waals surface area contributed by atoms with Crippen molar-refractivity contribution >= 4 is 27.0 Å².